The molecule has 0 fully saturated rings. The molecule has 0 saturated heterocycles. The Labute approximate surface area is 247 Å². The number of nitrogens with zero attached hydrogens (tertiary/aromatic N) is 2. The van der Waals surface area contributed by atoms with Crippen molar-refractivity contribution in [2.24, 2.45) is 0 Å². The molecule has 2 amide bonds. The van der Waals surface area contributed by atoms with Crippen LogP contribution in [0, 0.1) is 0 Å². The molecule has 0 unspecified atom stereocenters. The second-order valence-electron chi connectivity index (χ2n) is 10.3. The highest BCUT2D eigenvalue weighted by Gasteiger charge is 2.34. The summed E-state index contributed by atoms with van der Waals surface area (Å²) >= 11 is 6.79. The zero-order valence-electron chi connectivity index (χ0n) is 22.4. The van der Waals surface area contributed by atoms with E-state index in [1.54, 1.807) is 24.3 Å². The van der Waals surface area contributed by atoms with Gasteiger partial charge in [0.25, 0.3) is 0 Å². The molecular weight excluding hydrogens is 646 g/mol. The van der Waals surface area contributed by atoms with Gasteiger partial charge >= 0.3 is 0 Å². The maximum absolute atomic E-state index is 14.0. The summed E-state index contributed by atoms with van der Waals surface area (Å²) in [5.74, 6) is -0.803. The van der Waals surface area contributed by atoms with Crippen molar-refractivity contribution in [1.82, 2.24) is 10.2 Å². The molecular formula is C29H33Br2N3O4S. The number of amides is 2. The molecule has 0 aromatic heterocycles. The van der Waals surface area contributed by atoms with Crippen LogP contribution < -0.4 is 9.62 Å². The summed E-state index contributed by atoms with van der Waals surface area (Å²) in [6.07, 6.45) is 1.33. The molecule has 10 heteroatoms. The van der Waals surface area contributed by atoms with Crippen LogP contribution in [0.25, 0.3) is 0 Å². The minimum absolute atomic E-state index is 0.124. The Hall–Kier alpha value is -2.69. The standard InChI is InChI=1S/C29H33Br2N3O4S/c1-29(2,3)32-28(36)26(18-21-8-6-5-7-9-21)33(19-22-10-12-23(30)13-11-22)27(35)20-34(39(4,37)38)25-16-14-24(31)15-17-25/h5-17,26H,18-20H2,1-4H3,(H,32,36)/t26-/m0/s1. The molecule has 7 nitrogen and oxygen atoms in total. The molecule has 0 aliphatic rings. The maximum Gasteiger partial charge on any atom is 0.244 e. The lowest BCUT2D eigenvalue weighted by molar-refractivity contribution is -0.140. The van der Waals surface area contributed by atoms with Gasteiger partial charge in [0.05, 0.1) is 11.9 Å². The van der Waals surface area contributed by atoms with Crippen LogP contribution in [-0.4, -0.2) is 49.5 Å². The summed E-state index contributed by atoms with van der Waals surface area (Å²) in [7, 11) is -3.81. The second-order valence-corrected chi connectivity index (χ2v) is 14.1. The first-order valence-corrected chi connectivity index (χ1v) is 15.8. The van der Waals surface area contributed by atoms with Gasteiger partial charge < -0.3 is 10.2 Å². The number of hydrogen-bond acceptors (Lipinski definition) is 4. The van der Waals surface area contributed by atoms with Gasteiger partial charge in [0.15, 0.2) is 0 Å². The van der Waals surface area contributed by atoms with Gasteiger partial charge in [0, 0.05) is 27.4 Å². The molecule has 0 spiro atoms. The number of carbonyl (C=O) groups is 2. The molecule has 208 valence electrons. The molecule has 1 N–H and O–H groups in total. The van der Waals surface area contributed by atoms with E-state index in [1.165, 1.54) is 4.90 Å². The quantitative estimate of drug-likeness (QED) is 0.306. The molecule has 0 saturated carbocycles. The Balaban J connectivity index is 2.06. The third-order valence-electron chi connectivity index (χ3n) is 5.83. The van der Waals surface area contributed by atoms with E-state index in [4.69, 9.17) is 0 Å². The molecule has 1 atom stereocenters. The fourth-order valence-corrected chi connectivity index (χ4v) is 5.39. The van der Waals surface area contributed by atoms with Gasteiger partial charge in [0.2, 0.25) is 21.8 Å². The number of halogens is 2. The van der Waals surface area contributed by atoms with Crippen LogP contribution in [0.15, 0.2) is 87.8 Å². The molecule has 39 heavy (non-hydrogen) atoms. The van der Waals surface area contributed by atoms with E-state index >= 15 is 0 Å². The van der Waals surface area contributed by atoms with Crippen LogP contribution in [-0.2, 0) is 32.6 Å². The largest absolute Gasteiger partial charge is 0.350 e. The molecule has 3 rings (SSSR count). The minimum Gasteiger partial charge on any atom is -0.350 e. The summed E-state index contributed by atoms with van der Waals surface area (Å²) in [5.41, 5.74) is 1.52. The van der Waals surface area contributed by atoms with Gasteiger partial charge in [-0.25, -0.2) is 8.42 Å². The molecule has 0 aliphatic heterocycles. The van der Waals surface area contributed by atoms with Crippen LogP contribution in [0.3, 0.4) is 0 Å². The molecule has 0 bridgehead atoms. The monoisotopic (exact) mass is 677 g/mol. The Morgan fingerprint density at radius 1 is 0.846 bits per heavy atom. The topological polar surface area (TPSA) is 86.8 Å². The van der Waals surface area contributed by atoms with E-state index in [1.807, 2.05) is 75.4 Å². The van der Waals surface area contributed by atoms with Crippen LogP contribution in [0.1, 0.15) is 31.9 Å². The summed E-state index contributed by atoms with van der Waals surface area (Å²) < 4.78 is 28.4. The lowest BCUT2D eigenvalue weighted by atomic mass is 10.0. The molecule has 3 aromatic carbocycles. The molecule has 0 aliphatic carbocycles. The van der Waals surface area contributed by atoms with Crippen molar-refractivity contribution in [3.05, 3.63) is 98.9 Å². The van der Waals surface area contributed by atoms with E-state index in [0.29, 0.717) is 5.69 Å². The maximum atomic E-state index is 14.0. The first-order valence-electron chi connectivity index (χ1n) is 12.4. The molecule has 0 heterocycles. The average molecular weight is 679 g/mol. The Kier molecular flexibility index (Phi) is 10.4. The third kappa shape index (κ3) is 9.47. The summed E-state index contributed by atoms with van der Waals surface area (Å²) in [5, 5.41) is 3.01. The number of sulfonamides is 1. The van der Waals surface area contributed by atoms with E-state index in [0.717, 1.165) is 30.6 Å². The zero-order valence-corrected chi connectivity index (χ0v) is 26.4. The third-order valence-corrected chi connectivity index (χ3v) is 8.03. The highest BCUT2D eigenvalue weighted by Crippen LogP contribution is 2.23. The number of hydrogen-bond donors (Lipinski definition) is 1. The molecule has 0 radical (unpaired) electrons. The van der Waals surface area contributed by atoms with Gasteiger partial charge in [-0.1, -0.05) is 74.3 Å². The van der Waals surface area contributed by atoms with E-state index < -0.39 is 34.1 Å². The predicted molar refractivity (Wildman–Crippen MR) is 163 cm³/mol. The molecule has 3 aromatic rings. The summed E-state index contributed by atoms with van der Waals surface area (Å²) in [4.78, 5) is 29.2. The van der Waals surface area contributed by atoms with Crippen molar-refractivity contribution in [1.29, 1.82) is 0 Å². The van der Waals surface area contributed by atoms with Gasteiger partial charge in [-0.3, -0.25) is 13.9 Å². The summed E-state index contributed by atoms with van der Waals surface area (Å²) in [6.45, 7) is 5.31. The number of rotatable bonds is 10. The Morgan fingerprint density at radius 2 is 1.38 bits per heavy atom. The van der Waals surface area contributed by atoms with Crippen molar-refractivity contribution < 1.29 is 18.0 Å². The first-order chi connectivity index (χ1) is 18.2. The number of benzene rings is 3. The van der Waals surface area contributed by atoms with Gasteiger partial charge in [-0.15, -0.1) is 0 Å². The minimum atomic E-state index is -3.81. The van der Waals surface area contributed by atoms with Gasteiger partial charge in [-0.05, 0) is 68.3 Å². The highest BCUT2D eigenvalue weighted by molar-refractivity contribution is 9.10. The fraction of sp³-hybridized carbons (Fsp3) is 0.310. The van der Waals surface area contributed by atoms with Crippen LogP contribution >= 0.6 is 31.9 Å². The predicted octanol–water partition coefficient (Wildman–Crippen LogP) is 5.53. The first kappa shape index (κ1) is 30.8. The normalized spacial score (nSPS) is 12.5. The van der Waals surface area contributed by atoms with Crippen molar-refractivity contribution in [2.45, 2.75) is 45.3 Å². The number of anilines is 1. The number of nitrogens with one attached hydrogen (secondary N) is 1. The van der Waals surface area contributed by atoms with Crippen molar-refractivity contribution in [3.63, 3.8) is 0 Å². The lowest BCUT2D eigenvalue weighted by Crippen LogP contribution is -2.56. The van der Waals surface area contributed by atoms with E-state index in [9.17, 15) is 18.0 Å². The Bertz CT molecular complexity index is 1370. The lowest BCUT2D eigenvalue weighted by Gasteiger charge is -2.35. The number of carbonyl (C=O) groups excluding carboxylic acids is 2. The van der Waals surface area contributed by atoms with Crippen LogP contribution in [0.5, 0.6) is 0 Å². The highest BCUT2D eigenvalue weighted by atomic mass is 79.9. The summed E-state index contributed by atoms with van der Waals surface area (Å²) in [6, 6.07) is 22.7. The SMILES string of the molecule is CC(C)(C)NC(=O)[C@H](Cc1ccccc1)N(Cc1ccc(Br)cc1)C(=O)CN(c1ccc(Br)cc1)S(C)(=O)=O. The van der Waals surface area contributed by atoms with Crippen LogP contribution in [0.4, 0.5) is 5.69 Å². The zero-order chi connectivity index (χ0) is 28.8. The van der Waals surface area contributed by atoms with Crippen molar-refractivity contribution in [3.8, 4) is 0 Å². The van der Waals surface area contributed by atoms with Gasteiger partial charge in [0.1, 0.15) is 12.6 Å². The second kappa shape index (κ2) is 13.1. The van der Waals surface area contributed by atoms with E-state index in [2.05, 4.69) is 37.2 Å². The average Bonchev–Trinajstić information content (AvgIpc) is 2.85. The van der Waals surface area contributed by atoms with Crippen LogP contribution in [0.2, 0.25) is 0 Å². The van der Waals surface area contributed by atoms with E-state index in [-0.39, 0.29) is 18.9 Å². The fourth-order valence-electron chi connectivity index (χ4n) is 4.01. The van der Waals surface area contributed by atoms with Gasteiger partial charge in [-0.2, -0.15) is 0 Å². The van der Waals surface area contributed by atoms with Crippen molar-refractivity contribution in [2.75, 3.05) is 17.1 Å². The Morgan fingerprint density at radius 3 is 1.90 bits per heavy atom. The smallest absolute Gasteiger partial charge is 0.244 e. The van der Waals surface area contributed by atoms with Crippen molar-refractivity contribution >= 4 is 59.4 Å².